The van der Waals surface area contributed by atoms with Crippen LogP contribution < -0.4 is 10.0 Å². The Morgan fingerprint density at radius 3 is 2.48 bits per heavy atom. The van der Waals surface area contributed by atoms with Gasteiger partial charge in [0.2, 0.25) is 0 Å². The van der Waals surface area contributed by atoms with E-state index in [1.54, 1.807) is 12.1 Å². The van der Waals surface area contributed by atoms with Gasteiger partial charge in [-0.1, -0.05) is 12.1 Å². The number of nitrogens with zero attached hydrogens (tertiary/aromatic N) is 2. The van der Waals surface area contributed by atoms with Gasteiger partial charge in [-0.25, -0.2) is 4.39 Å². The number of amides is 1. The lowest BCUT2D eigenvalue weighted by Gasteiger charge is -2.35. The van der Waals surface area contributed by atoms with E-state index in [4.69, 9.17) is 4.74 Å². The smallest absolute Gasteiger partial charge is 0.251 e. The van der Waals surface area contributed by atoms with E-state index < -0.39 is 0 Å². The molecule has 0 aliphatic carbocycles. The zero-order chi connectivity index (χ0) is 17.6. The maximum Gasteiger partial charge on any atom is 0.251 e. The Morgan fingerprint density at radius 1 is 1.20 bits per heavy atom. The number of morpholine rings is 1. The fraction of sp³-hybridized carbons (Fsp3) is 0.333. The molecule has 0 saturated carbocycles. The summed E-state index contributed by atoms with van der Waals surface area (Å²) in [6, 6.07) is 9.22. The van der Waals surface area contributed by atoms with Gasteiger partial charge in [0.15, 0.2) is 12.4 Å². The highest BCUT2D eigenvalue weighted by molar-refractivity contribution is 5.93. The van der Waals surface area contributed by atoms with Crippen LogP contribution in [0.5, 0.6) is 0 Å². The van der Waals surface area contributed by atoms with E-state index in [-0.39, 0.29) is 17.8 Å². The van der Waals surface area contributed by atoms with E-state index >= 15 is 0 Å². The fourth-order valence-electron chi connectivity index (χ4n) is 2.89. The van der Waals surface area contributed by atoms with Crippen LogP contribution in [-0.4, -0.2) is 43.7 Å². The molecule has 2 heterocycles. The molecule has 1 amide bonds. The first kappa shape index (κ1) is 17.3. The lowest BCUT2D eigenvalue weighted by molar-refractivity contribution is -0.605. The summed E-state index contributed by atoms with van der Waals surface area (Å²) in [7, 11) is 0. The van der Waals surface area contributed by atoms with E-state index in [9.17, 15) is 14.4 Å². The van der Waals surface area contributed by atoms with E-state index in [0.29, 0.717) is 30.1 Å². The van der Waals surface area contributed by atoms with Crippen molar-refractivity contribution in [3.63, 3.8) is 0 Å². The van der Waals surface area contributed by atoms with Crippen molar-refractivity contribution in [2.45, 2.75) is 6.04 Å². The summed E-state index contributed by atoms with van der Waals surface area (Å²) in [4.78, 5) is 14.5. The summed E-state index contributed by atoms with van der Waals surface area (Å²) in [5.41, 5.74) is 1.36. The molecule has 1 atom stereocenters. The number of hydrogen-bond acceptors (Lipinski definition) is 4. The van der Waals surface area contributed by atoms with Gasteiger partial charge in [-0.3, -0.25) is 9.69 Å². The molecule has 0 spiro atoms. The number of hydrogen-bond donors (Lipinski definition) is 1. The molecule has 1 aliphatic rings. The highest BCUT2D eigenvalue weighted by Crippen LogP contribution is 2.21. The third-order valence-corrected chi connectivity index (χ3v) is 4.26. The van der Waals surface area contributed by atoms with Gasteiger partial charge in [0.1, 0.15) is 5.82 Å². The molecule has 1 saturated heterocycles. The van der Waals surface area contributed by atoms with Gasteiger partial charge in [-0.05, 0) is 17.7 Å². The molecule has 132 valence electrons. The van der Waals surface area contributed by atoms with Crippen LogP contribution in [0.15, 0.2) is 48.8 Å². The monoisotopic (exact) mass is 345 g/mol. The van der Waals surface area contributed by atoms with E-state index in [1.165, 1.54) is 36.7 Å². The highest BCUT2D eigenvalue weighted by atomic mass is 19.1. The maximum absolute atomic E-state index is 13.2. The molecule has 1 aliphatic heterocycles. The second kappa shape index (κ2) is 8.04. The molecule has 7 heteroatoms. The first-order valence-electron chi connectivity index (χ1n) is 8.18. The third-order valence-electron chi connectivity index (χ3n) is 4.26. The van der Waals surface area contributed by atoms with Crippen LogP contribution in [0.2, 0.25) is 0 Å². The summed E-state index contributed by atoms with van der Waals surface area (Å²) in [6.45, 7) is 3.15. The van der Waals surface area contributed by atoms with Crippen molar-refractivity contribution in [1.29, 1.82) is 0 Å². The minimum Gasteiger partial charge on any atom is -0.619 e. The summed E-state index contributed by atoms with van der Waals surface area (Å²) in [5, 5.41) is 14.0. The molecule has 0 bridgehead atoms. The van der Waals surface area contributed by atoms with Crippen LogP contribution in [0, 0.1) is 11.0 Å². The Balaban J connectivity index is 1.71. The SMILES string of the molecule is O=C(NCC(c1ccc(F)cc1)N1CCOCC1)c1cc[n+]([O-])cc1. The Morgan fingerprint density at radius 2 is 1.84 bits per heavy atom. The molecule has 6 nitrogen and oxygen atoms in total. The van der Waals surface area contributed by atoms with Gasteiger partial charge in [-0.2, -0.15) is 4.73 Å². The van der Waals surface area contributed by atoms with Crippen molar-refractivity contribution in [3.05, 3.63) is 70.9 Å². The van der Waals surface area contributed by atoms with Crippen molar-refractivity contribution in [2.24, 2.45) is 0 Å². The first-order chi connectivity index (χ1) is 12.1. The Hall–Kier alpha value is -2.51. The van der Waals surface area contributed by atoms with Gasteiger partial charge in [0.25, 0.3) is 5.91 Å². The molecule has 1 aromatic carbocycles. The fourth-order valence-corrected chi connectivity index (χ4v) is 2.89. The topological polar surface area (TPSA) is 68.5 Å². The van der Waals surface area contributed by atoms with Crippen LogP contribution in [-0.2, 0) is 4.74 Å². The van der Waals surface area contributed by atoms with E-state index in [1.807, 2.05) is 0 Å². The average Bonchev–Trinajstić information content (AvgIpc) is 2.64. The second-order valence-corrected chi connectivity index (χ2v) is 5.87. The summed E-state index contributed by atoms with van der Waals surface area (Å²) < 4.78 is 19.3. The average molecular weight is 345 g/mol. The van der Waals surface area contributed by atoms with Gasteiger partial charge in [0, 0.05) is 31.8 Å². The predicted molar refractivity (Wildman–Crippen MR) is 89.3 cm³/mol. The van der Waals surface area contributed by atoms with Crippen molar-refractivity contribution < 1.29 is 18.7 Å². The molecule has 0 radical (unpaired) electrons. The Bertz CT molecular complexity index is 701. The largest absolute Gasteiger partial charge is 0.619 e. The standard InChI is InChI=1S/C18H20FN3O3/c19-16-3-1-14(2-4-16)17(21-9-11-25-12-10-21)13-20-18(23)15-5-7-22(24)8-6-15/h1-8,17H,9-13H2,(H,20,23). The van der Waals surface area contributed by atoms with Gasteiger partial charge in [0.05, 0.1) is 24.8 Å². The third kappa shape index (κ3) is 4.52. The van der Waals surface area contributed by atoms with Crippen LogP contribution in [0.3, 0.4) is 0 Å². The zero-order valence-electron chi connectivity index (χ0n) is 13.7. The first-order valence-corrected chi connectivity index (χ1v) is 8.18. The van der Waals surface area contributed by atoms with Crippen molar-refractivity contribution >= 4 is 5.91 Å². The lowest BCUT2D eigenvalue weighted by atomic mass is 10.0. The molecular formula is C18H20FN3O3. The summed E-state index contributed by atoms with van der Waals surface area (Å²) in [6.07, 6.45) is 2.57. The van der Waals surface area contributed by atoms with E-state index in [2.05, 4.69) is 10.2 Å². The van der Waals surface area contributed by atoms with Gasteiger partial charge in [-0.15, -0.1) is 0 Å². The number of benzene rings is 1. The predicted octanol–water partition coefficient (Wildman–Crippen LogP) is 1.26. The second-order valence-electron chi connectivity index (χ2n) is 5.87. The molecule has 1 aromatic heterocycles. The van der Waals surface area contributed by atoms with Crippen molar-refractivity contribution in [1.82, 2.24) is 10.2 Å². The molecule has 2 aromatic rings. The van der Waals surface area contributed by atoms with Crippen LogP contribution in [0.4, 0.5) is 4.39 Å². The molecular weight excluding hydrogens is 325 g/mol. The molecule has 3 rings (SSSR count). The number of halogens is 1. The summed E-state index contributed by atoms with van der Waals surface area (Å²) >= 11 is 0. The van der Waals surface area contributed by atoms with Gasteiger partial charge < -0.3 is 15.3 Å². The number of pyridine rings is 1. The molecule has 1 fully saturated rings. The zero-order valence-corrected chi connectivity index (χ0v) is 13.7. The van der Waals surface area contributed by atoms with Crippen LogP contribution in [0.25, 0.3) is 0 Å². The number of rotatable bonds is 5. The minimum absolute atomic E-state index is 0.0680. The number of nitrogens with one attached hydrogen (secondary N) is 1. The van der Waals surface area contributed by atoms with Crippen LogP contribution in [0.1, 0.15) is 22.0 Å². The normalized spacial score (nSPS) is 16.4. The number of ether oxygens (including phenoxy) is 1. The van der Waals surface area contributed by atoms with E-state index in [0.717, 1.165) is 18.7 Å². The molecule has 25 heavy (non-hydrogen) atoms. The number of carbonyl (C=O) groups is 1. The Labute approximate surface area is 145 Å². The maximum atomic E-state index is 13.2. The quantitative estimate of drug-likeness (QED) is 0.654. The van der Waals surface area contributed by atoms with Gasteiger partial charge >= 0.3 is 0 Å². The Kier molecular flexibility index (Phi) is 5.57. The summed E-state index contributed by atoms with van der Waals surface area (Å²) in [5.74, 6) is -0.537. The highest BCUT2D eigenvalue weighted by Gasteiger charge is 2.23. The molecule has 1 unspecified atom stereocenters. The molecule has 1 N–H and O–H groups in total. The lowest BCUT2D eigenvalue weighted by Crippen LogP contribution is -2.43. The van der Waals surface area contributed by atoms with Crippen LogP contribution >= 0.6 is 0 Å². The number of carbonyl (C=O) groups excluding carboxylic acids is 1. The minimum atomic E-state index is -0.288. The van der Waals surface area contributed by atoms with Crippen molar-refractivity contribution in [3.8, 4) is 0 Å². The number of aromatic nitrogens is 1. The van der Waals surface area contributed by atoms with Crippen molar-refractivity contribution in [2.75, 3.05) is 32.8 Å².